The van der Waals surface area contributed by atoms with Crippen LogP contribution < -0.4 is 0 Å². The Morgan fingerprint density at radius 1 is 1.40 bits per heavy atom. The van der Waals surface area contributed by atoms with Gasteiger partial charge < -0.3 is 4.74 Å². The third-order valence-electron chi connectivity index (χ3n) is 0.739. The van der Waals surface area contributed by atoms with E-state index in [1.807, 2.05) is 0 Å². The Bertz CT molecular complexity index is 121. The fraction of sp³-hybridized carbons (Fsp3) is 0.857. The van der Waals surface area contributed by atoms with E-state index in [0.29, 0.717) is 0 Å². The van der Waals surface area contributed by atoms with Gasteiger partial charge >= 0.3 is 5.97 Å². The van der Waals surface area contributed by atoms with Gasteiger partial charge in [0.05, 0.1) is 0 Å². The highest BCUT2D eigenvalue weighted by Gasteiger charge is 2.20. The van der Waals surface area contributed by atoms with Gasteiger partial charge in [0.25, 0.3) is 0 Å². The predicted molar refractivity (Wildman–Crippen MR) is 36.0 cm³/mol. The SMILES string of the molecule is CC([O])C(=O)OC(C)(C)C. The first-order valence-electron chi connectivity index (χ1n) is 3.21. The van der Waals surface area contributed by atoms with Gasteiger partial charge in [-0.05, 0) is 27.7 Å². The van der Waals surface area contributed by atoms with Crippen LogP contribution in [0.25, 0.3) is 0 Å². The summed E-state index contributed by atoms with van der Waals surface area (Å²) in [5, 5.41) is 10.4. The standard InChI is InChI=1S/C7H13O3/c1-5(8)6(9)10-7(2,3)4/h5H,1-4H3. The predicted octanol–water partition coefficient (Wildman–Crippen LogP) is 1.15. The lowest BCUT2D eigenvalue weighted by atomic mass is 10.2. The largest absolute Gasteiger partial charge is 0.458 e. The molecule has 0 aliphatic heterocycles. The van der Waals surface area contributed by atoms with Gasteiger partial charge in [-0.3, -0.25) is 0 Å². The molecule has 59 valence electrons. The lowest BCUT2D eigenvalue weighted by molar-refractivity contribution is -0.167. The highest BCUT2D eigenvalue weighted by molar-refractivity contribution is 5.74. The molecule has 0 aromatic carbocycles. The van der Waals surface area contributed by atoms with E-state index in [2.05, 4.69) is 0 Å². The van der Waals surface area contributed by atoms with Crippen molar-refractivity contribution in [1.29, 1.82) is 0 Å². The number of esters is 1. The van der Waals surface area contributed by atoms with Crippen molar-refractivity contribution in [3.8, 4) is 0 Å². The fourth-order valence-corrected chi connectivity index (χ4v) is 0.385. The molecule has 0 aromatic heterocycles. The van der Waals surface area contributed by atoms with Crippen molar-refractivity contribution in [3.63, 3.8) is 0 Å². The Labute approximate surface area is 61.0 Å². The maximum absolute atomic E-state index is 10.6. The van der Waals surface area contributed by atoms with E-state index in [0.717, 1.165) is 0 Å². The van der Waals surface area contributed by atoms with Crippen LogP contribution in [0.5, 0.6) is 0 Å². The fourth-order valence-electron chi connectivity index (χ4n) is 0.385. The van der Waals surface area contributed by atoms with E-state index in [4.69, 9.17) is 4.74 Å². The molecule has 0 bridgehead atoms. The van der Waals surface area contributed by atoms with Gasteiger partial charge in [0.1, 0.15) is 5.60 Å². The van der Waals surface area contributed by atoms with E-state index in [-0.39, 0.29) is 0 Å². The van der Waals surface area contributed by atoms with Crippen LogP contribution in [0.1, 0.15) is 27.7 Å². The number of carbonyl (C=O) groups excluding carboxylic acids is 1. The Hall–Kier alpha value is -0.570. The smallest absolute Gasteiger partial charge is 0.338 e. The number of hydrogen-bond acceptors (Lipinski definition) is 2. The minimum atomic E-state index is -1.28. The van der Waals surface area contributed by atoms with Crippen LogP contribution in [0.4, 0.5) is 0 Å². The van der Waals surface area contributed by atoms with Crippen molar-refractivity contribution in [3.05, 3.63) is 0 Å². The molecular weight excluding hydrogens is 132 g/mol. The van der Waals surface area contributed by atoms with Crippen LogP contribution in [0.15, 0.2) is 0 Å². The van der Waals surface area contributed by atoms with E-state index < -0.39 is 17.7 Å². The zero-order valence-electron chi connectivity index (χ0n) is 6.80. The van der Waals surface area contributed by atoms with Gasteiger partial charge in [0.2, 0.25) is 0 Å². The van der Waals surface area contributed by atoms with E-state index in [9.17, 15) is 9.90 Å². The molecule has 1 unspecified atom stereocenters. The summed E-state index contributed by atoms with van der Waals surface area (Å²) in [4.78, 5) is 10.6. The quantitative estimate of drug-likeness (QED) is 0.519. The molecule has 0 aliphatic carbocycles. The second kappa shape index (κ2) is 3.01. The molecule has 1 radical (unpaired) electrons. The van der Waals surface area contributed by atoms with Crippen molar-refractivity contribution < 1.29 is 14.6 Å². The van der Waals surface area contributed by atoms with Crippen LogP contribution in [-0.2, 0) is 14.6 Å². The summed E-state index contributed by atoms with van der Waals surface area (Å²) in [5.41, 5.74) is -0.546. The minimum Gasteiger partial charge on any atom is -0.458 e. The molecule has 1 atom stereocenters. The lowest BCUT2D eigenvalue weighted by Gasteiger charge is -2.19. The summed E-state index contributed by atoms with van der Waals surface area (Å²) in [7, 11) is 0. The normalized spacial score (nSPS) is 14.5. The third kappa shape index (κ3) is 4.32. The molecule has 0 N–H and O–H groups in total. The molecular formula is C7H13O3. The third-order valence-corrected chi connectivity index (χ3v) is 0.739. The molecule has 0 aromatic rings. The van der Waals surface area contributed by atoms with Gasteiger partial charge in [0.15, 0.2) is 6.10 Å². The number of hydrogen-bond donors (Lipinski definition) is 0. The number of ether oxygens (including phenoxy) is 1. The zero-order valence-corrected chi connectivity index (χ0v) is 6.80. The lowest BCUT2D eigenvalue weighted by Crippen LogP contribution is -2.29. The molecule has 0 saturated heterocycles. The summed E-state index contributed by atoms with van der Waals surface area (Å²) < 4.78 is 4.75. The van der Waals surface area contributed by atoms with E-state index in [1.165, 1.54) is 6.92 Å². The van der Waals surface area contributed by atoms with Crippen molar-refractivity contribution in [2.75, 3.05) is 0 Å². The monoisotopic (exact) mass is 145 g/mol. The summed E-state index contributed by atoms with van der Waals surface area (Å²) in [6.07, 6.45) is -1.28. The first-order valence-corrected chi connectivity index (χ1v) is 3.21. The van der Waals surface area contributed by atoms with Crippen molar-refractivity contribution in [2.45, 2.75) is 39.4 Å². The first kappa shape index (κ1) is 9.43. The van der Waals surface area contributed by atoms with Crippen LogP contribution in [-0.4, -0.2) is 17.7 Å². The molecule has 0 aliphatic rings. The number of carbonyl (C=O) groups is 1. The maximum Gasteiger partial charge on any atom is 0.338 e. The molecule has 0 saturated carbocycles. The Morgan fingerprint density at radius 2 is 1.80 bits per heavy atom. The maximum atomic E-state index is 10.6. The van der Waals surface area contributed by atoms with Gasteiger partial charge in [-0.15, -0.1) is 0 Å². The second-order valence-electron chi connectivity index (χ2n) is 3.18. The summed E-state index contributed by atoms with van der Waals surface area (Å²) in [6, 6.07) is 0. The average molecular weight is 145 g/mol. The highest BCUT2D eigenvalue weighted by atomic mass is 16.6. The summed E-state index contributed by atoms with van der Waals surface area (Å²) in [5.74, 6) is -0.688. The number of rotatable bonds is 1. The molecule has 0 spiro atoms. The Kier molecular flexibility index (Phi) is 2.84. The highest BCUT2D eigenvalue weighted by Crippen LogP contribution is 2.07. The molecule has 3 nitrogen and oxygen atoms in total. The Balaban J connectivity index is 3.81. The topological polar surface area (TPSA) is 46.2 Å². The van der Waals surface area contributed by atoms with Gasteiger partial charge in [-0.1, -0.05) is 0 Å². The molecule has 0 heterocycles. The minimum absolute atomic E-state index is 0.546. The van der Waals surface area contributed by atoms with Crippen molar-refractivity contribution in [2.24, 2.45) is 0 Å². The van der Waals surface area contributed by atoms with Crippen molar-refractivity contribution >= 4 is 5.97 Å². The zero-order chi connectivity index (χ0) is 8.36. The molecule has 10 heavy (non-hydrogen) atoms. The summed E-state index contributed by atoms with van der Waals surface area (Å²) in [6.45, 7) is 6.46. The van der Waals surface area contributed by atoms with Gasteiger partial charge in [0, 0.05) is 0 Å². The van der Waals surface area contributed by atoms with Crippen LogP contribution in [0, 0.1) is 0 Å². The average Bonchev–Trinajstić information content (AvgIpc) is 1.60. The van der Waals surface area contributed by atoms with Crippen LogP contribution >= 0.6 is 0 Å². The molecule has 0 amide bonds. The first-order chi connectivity index (χ1) is 4.33. The van der Waals surface area contributed by atoms with E-state index >= 15 is 0 Å². The second-order valence-corrected chi connectivity index (χ2v) is 3.18. The van der Waals surface area contributed by atoms with Crippen LogP contribution in [0.2, 0.25) is 0 Å². The molecule has 0 rings (SSSR count). The van der Waals surface area contributed by atoms with Crippen molar-refractivity contribution in [1.82, 2.24) is 0 Å². The van der Waals surface area contributed by atoms with Gasteiger partial charge in [-0.25, -0.2) is 9.90 Å². The molecule has 3 heteroatoms. The molecule has 0 fully saturated rings. The van der Waals surface area contributed by atoms with Gasteiger partial charge in [-0.2, -0.15) is 0 Å². The van der Waals surface area contributed by atoms with Crippen LogP contribution in [0.3, 0.4) is 0 Å². The summed E-state index contributed by atoms with van der Waals surface area (Å²) >= 11 is 0. The Morgan fingerprint density at radius 3 is 1.90 bits per heavy atom. The van der Waals surface area contributed by atoms with E-state index in [1.54, 1.807) is 20.8 Å².